The first kappa shape index (κ1) is 19.2. The minimum Gasteiger partial charge on any atom is -0.493 e. The third-order valence-corrected chi connectivity index (χ3v) is 4.38. The number of anilines is 2. The second-order valence-electron chi connectivity index (χ2n) is 6.22. The van der Waals surface area contributed by atoms with E-state index in [0.717, 1.165) is 0 Å². The van der Waals surface area contributed by atoms with Crippen molar-refractivity contribution in [3.8, 4) is 11.5 Å². The molecule has 0 saturated carbocycles. The van der Waals surface area contributed by atoms with Crippen LogP contribution in [0.1, 0.15) is 23.2 Å². The Morgan fingerprint density at radius 1 is 1.07 bits per heavy atom. The first-order valence-corrected chi connectivity index (χ1v) is 8.74. The fourth-order valence-corrected chi connectivity index (χ4v) is 2.93. The summed E-state index contributed by atoms with van der Waals surface area (Å²) in [5.74, 6) is 0.0684. The fourth-order valence-electron chi connectivity index (χ4n) is 2.93. The van der Waals surface area contributed by atoms with Crippen molar-refractivity contribution in [2.45, 2.75) is 18.9 Å². The Balaban J connectivity index is 1.60. The highest BCUT2D eigenvalue weighted by Crippen LogP contribution is 2.29. The van der Waals surface area contributed by atoms with Gasteiger partial charge in [0, 0.05) is 18.2 Å². The van der Waals surface area contributed by atoms with Gasteiger partial charge in [-0.15, -0.1) is 0 Å². The number of rotatable bonds is 6. The van der Waals surface area contributed by atoms with Crippen LogP contribution in [0, 0.1) is 0 Å². The van der Waals surface area contributed by atoms with Crippen LogP contribution in [0.25, 0.3) is 0 Å². The zero-order chi connectivity index (χ0) is 20.1. The number of benzene rings is 2. The van der Waals surface area contributed by atoms with Crippen LogP contribution in [0.5, 0.6) is 11.5 Å². The van der Waals surface area contributed by atoms with E-state index in [1.54, 1.807) is 42.5 Å². The van der Waals surface area contributed by atoms with Gasteiger partial charge in [0.25, 0.3) is 5.91 Å². The first-order chi connectivity index (χ1) is 13.5. The Bertz CT molecular complexity index is 912. The van der Waals surface area contributed by atoms with E-state index < -0.39 is 6.04 Å². The first-order valence-electron chi connectivity index (χ1n) is 8.74. The maximum Gasteiger partial charge on any atom is 0.254 e. The number of carbonyl (C=O) groups is 3. The monoisotopic (exact) mass is 383 g/mol. The number of para-hydroxylation sites is 1. The van der Waals surface area contributed by atoms with Crippen LogP contribution in [0.4, 0.5) is 11.4 Å². The summed E-state index contributed by atoms with van der Waals surface area (Å²) >= 11 is 0. The predicted molar refractivity (Wildman–Crippen MR) is 104 cm³/mol. The molecule has 0 fully saturated rings. The van der Waals surface area contributed by atoms with E-state index >= 15 is 0 Å². The van der Waals surface area contributed by atoms with E-state index in [9.17, 15) is 14.4 Å². The molecule has 0 radical (unpaired) electrons. The van der Waals surface area contributed by atoms with E-state index in [-0.39, 0.29) is 30.6 Å². The molecule has 1 aliphatic heterocycles. The Labute approximate surface area is 162 Å². The van der Waals surface area contributed by atoms with Gasteiger partial charge in [0.05, 0.1) is 25.5 Å². The minimum atomic E-state index is -0.795. The van der Waals surface area contributed by atoms with Crippen LogP contribution in [0.2, 0.25) is 0 Å². The van der Waals surface area contributed by atoms with Crippen LogP contribution in [0.3, 0.4) is 0 Å². The molecule has 1 atom stereocenters. The maximum absolute atomic E-state index is 12.4. The van der Waals surface area contributed by atoms with Gasteiger partial charge in [-0.05, 0) is 30.7 Å². The summed E-state index contributed by atoms with van der Waals surface area (Å²) in [4.78, 5) is 36.9. The van der Waals surface area contributed by atoms with Crippen LogP contribution in [-0.4, -0.2) is 38.0 Å². The molecule has 2 aromatic carbocycles. The lowest BCUT2D eigenvalue weighted by molar-refractivity contribution is -0.118. The lowest BCUT2D eigenvalue weighted by atomic mass is 10.1. The lowest BCUT2D eigenvalue weighted by Crippen LogP contribution is -2.41. The molecule has 0 aliphatic carbocycles. The molecule has 2 aromatic rings. The maximum atomic E-state index is 12.4. The number of ether oxygens (including phenoxy) is 2. The zero-order valence-corrected chi connectivity index (χ0v) is 15.6. The van der Waals surface area contributed by atoms with Gasteiger partial charge in [0.1, 0.15) is 6.04 Å². The van der Waals surface area contributed by atoms with Gasteiger partial charge >= 0.3 is 0 Å². The average Bonchev–Trinajstić information content (AvgIpc) is 2.82. The molecule has 3 N–H and O–H groups in total. The Hall–Kier alpha value is -3.55. The molecule has 0 saturated heterocycles. The Morgan fingerprint density at radius 2 is 1.82 bits per heavy atom. The summed E-state index contributed by atoms with van der Waals surface area (Å²) < 4.78 is 10.4. The molecule has 146 valence electrons. The highest BCUT2D eigenvalue weighted by molar-refractivity contribution is 6.10. The van der Waals surface area contributed by atoms with Crippen LogP contribution >= 0.6 is 0 Å². The topological polar surface area (TPSA) is 106 Å². The van der Waals surface area contributed by atoms with E-state index in [0.29, 0.717) is 28.4 Å². The highest BCUT2D eigenvalue weighted by atomic mass is 16.5. The molecule has 8 heteroatoms. The number of hydrogen-bond acceptors (Lipinski definition) is 5. The van der Waals surface area contributed by atoms with Crippen molar-refractivity contribution in [2.24, 2.45) is 0 Å². The Morgan fingerprint density at radius 3 is 2.57 bits per heavy atom. The molecule has 3 amide bonds. The summed E-state index contributed by atoms with van der Waals surface area (Å²) in [5.41, 5.74) is 1.40. The number of methoxy groups -OCH3 is 2. The summed E-state index contributed by atoms with van der Waals surface area (Å²) in [6.07, 6.45) is 0.230. The van der Waals surface area contributed by atoms with Crippen LogP contribution in [0.15, 0.2) is 42.5 Å². The largest absolute Gasteiger partial charge is 0.493 e. The van der Waals surface area contributed by atoms with Crippen molar-refractivity contribution >= 4 is 29.1 Å². The number of hydrogen-bond donors (Lipinski definition) is 3. The Kier molecular flexibility index (Phi) is 5.78. The van der Waals surface area contributed by atoms with Crippen LogP contribution < -0.4 is 25.4 Å². The van der Waals surface area contributed by atoms with Gasteiger partial charge in [0.15, 0.2) is 11.5 Å². The molecule has 1 unspecified atom stereocenters. The number of amides is 3. The average molecular weight is 383 g/mol. The molecule has 3 rings (SSSR count). The van der Waals surface area contributed by atoms with E-state index in [2.05, 4.69) is 16.0 Å². The third kappa shape index (κ3) is 4.22. The molecule has 0 bridgehead atoms. The smallest absolute Gasteiger partial charge is 0.254 e. The molecular weight excluding hydrogens is 362 g/mol. The molecule has 1 heterocycles. The molecule has 0 aromatic heterocycles. The van der Waals surface area contributed by atoms with Crippen molar-refractivity contribution in [1.82, 2.24) is 5.32 Å². The van der Waals surface area contributed by atoms with Crippen molar-refractivity contribution < 1.29 is 23.9 Å². The van der Waals surface area contributed by atoms with Crippen molar-refractivity contribution in [3.05, 3.63) is 48.0 Å². The molecule has 1 aliphatic rings. The summed E-state index contributed by atoms with van der Waals surface area (Å²) in [6, 6.07) is 11.0. The molecule has 28 heavy (non-hydrogen) atoms. The number of carbonyl (C=O) groups excluding carboxylic acids is 3. The van der Waals surface area contributed by atoms with Gasteiger partial charge in [-0.1, -0.05) is 12.1 Å². The molecular formula is C20H21N3O5. The highest BCUT2D eigenvalue weighted by Gasteiger charge is 2.27. The van der Waals surface area contributed by atoms with Gasteiger partial charge in [-0.25, -0.2) is 0 Å². The number of nitrogens with one attached hydrogen (secondary N) is 3. The van der Waals surface area contributed by atoms with Crippen molar-refractivity contribution in [3.63, 3.8) is 0 Å². The number of fused-ring (bicyclic) bond motifs is 1. The standard InChI is InChI=1S/C20H21N3O5/c1-27-16-9-7-12(11-17(16)28-2)21-18(24)10-8-15-20(26)22-14-6-4-3-5-13(14)19(25)23-15/h3-7,9,11,15H,8,10H2,1-2H3,(H,21,24)(H,22,26)(H,23,25). The lowest BCUT2D eigenvalue weighted by Gasteiger charge is -2.15. The molecule has 0 spiro atoms. The predicted octanol–water partition coefficient (Wildman–Crippen LogP) is 2.17. The van der Waals surface area contributed by atoms with E-state index in [4.69, 9.17) is 9.47 Å². The van der Waals surface area contributed by atoms with Gasteiger partial charge in [-0.3, -0.25) is 14.4 Å². The van der Waals surface area contributed by atoms with Gasteiger partial charge < -0.3 is 25.4 Å². The van der Waals surface area contributed by atoms with Gasteiger partial charge in [0.2, 0.25) is 11.8 Å². The quantitative estimate of drug-likeness (QED) is 0.709. The van der Waals surface area contributed by atoms with Gasteiger partial charge in [-0.2, -0.15) is 0 Å². The minimum absolute atomic E-state index is 0.0586. The SMILES string of the molecule is COc1ccc(NC(=O)CCC2NC(=O)c3ccccc3NC2=O)cc1OC. The second-order valence-corrected chi connectivity index (χ2v) is 6.22. The van der Waals surface area contributed by atoms with Crippen molar-refractivity contribution in [2.75, 3.05) is 24.9 Å². The summed E-state index contributed by atoms with van der Waals surface area (Å²) in [6.45, 7) is 0. The fraction of sp³-hybridized carbons (Fsp3) is 0.250. The molecule has 8 nitrogen and oxygen atoms in total. The summed E-state index contributed by atoms with van der Waals surface area (Å²) in [5, 5.41) is 8.14. The summed E-state index contributed by atoms with van der Waals surface area (Å²) in [7, 11) is 3.04. The van der Waals surface area contributed by atoms with E-state index in [1.165, 1.54) is 14.2 Å². The van der Waals surface area contributed by atoms with Crippen LogP contribution in [-0.2, 0) is 9.59 Å². The second kappa shape index (κ2) is 8.43. The van der Waals surface area contributed by atoms with Crippen molar-refractivity contribution in [1.29, 1.82) is 0 Å². The van der Waals surface area contributed by atoms with E-state index in [1.807, 2.05) is 0 Å². The normalized spacial score (nSPS) is 15.6. The zero-order valence-electron chi connectivity index (χ0n) is 15.6. The third-order valence-electron chi connectivity index (χ3n) is 4.38.